The number of nitrogens with one attached hydrogen (secondary N) is 1. The highest BCUT2D eigenvalue weighted by Gasteiger charge is 2.15. The number of hydrogen-bond donors (Lipinski definition) is 1. The summed E-state index contributed by atoms with van der Waals surface area (Å²) in [6.45, 7) is 4.01. The van der Waals surface area contributed by atoms with Crippen molar-refractivity contribution in [1.82, 2.24) is 25.2 Å². The fourth-order valence-corrected chi connectivity index (χ4v) is 3.84. The first-order valence-electron chi connectivity index (χ1n) is 8.75. The topological polar surface area (TPSA) is 85.6 Å². The summed E-state index contributed by atoms with van der Waals surface area (Å²) in [5.41, 5.74) is 4.56. The zero-order valence-corrected chi connectivity index (χ0v) is 16.3. The Hall–Kier alpha value is -3.39. The minimum absolute atomic E-state index is 0.0918. The molecule has 0 aliphatic rings. The van der Waals surface area contributed by atoms with Gasteiger partial charge in [-0.25, -0.2) is 9.67 Å². The predicted octanol–water partition coefficient (Wildman–Crippen LogP) is 3.58. The lowest BCUT2D eigenvalue weighted by molar-refractivity contribution is -0.115. The maximum Gasteiger partial charge on any atom is 0.229 e. The molecule has 2 aromatic heterocycles. The normalized spacial score (nSPS) is 10.8. The van der Waals surface area contributed by atoms with Gasteiger partial charge < -0.3 is 5.32 Å². The Labute approximate surface area is 166 Å². The van der Waals surface area contributed by atoms with Gasteiger partial charge >= 0.3 is 0 Å². The van der Waals surface area contributed by atoms with Gasteiger partial charge in [0.2, 0.25) is 5.91 Å². The first kappa shape index (κ1) is 18.0. The molecule has 2 heterocycles. The van der Waals surface area contributed by atoms with Crippen LogP contribution in [0.2, 0.25) is 0 Å². The molecule has 4 rings (SSSR count). The number of carbonyl (C=O) groups is 1. The van der Waals surface area contributed by atoms with Crippen LogP contribution in [-0.4, -0.2) is 31.1 Å². The Bertz CT molecular complexity index is 1100. The van der Waals surface area contributed by atoms with E-state index >= 15 is 0 Å². The predicted molar refractivity (Wildman–Crippen MR) is 109 cm³/mol. The molecule has 0 saturated carbocycles. The fraction of sp³-hybridized carbons (Fsp3) is 0.150. The summed E-state index contributed by atoms with van der Waals surface area (Å²) < 4.78 is 1.54. The summed E-state index contributed by atoms with van der Waals surface area (Å²) in [5, 5.41) is 15.0. The van der Waals surface area contributed by atoms with Gasteiger partial charge in [0, 0.05) is 16.1 Å². The molecule has 7 nitrogen and oxygen atoms in total. The molecule has 0 atom stereocenters. The third kappa shape index (κ3) is 3.96. The Balaban J connectivity index is 1.52. The van der Waals surface area contributed by atoms with Gasteiger partial charge in [0.25, 0.3) is 0 Å². The molecule has 0 aliphatic carbocycles. The Morgan fingerprint density at radius 3 is 2.71 bits per heavy atom. The van der Waals surface area contributed by atoms with Crippen molar-refractivity contribution in [1.29, 1.82) is 0 Å². The lowest BCUT2D eigenvalue weighted by atomic mass is 10.1. The highest BCUT2D eigenvalue weighted by atomic mass is 32.1. The van der Waals surface area contributed by atoms with Gasteiger partial charge in [-0.05, 0) is 42.5 Å². The van der Waals surface area contributed by atoms with Gasteiger partial charge in [-0.15, -0.1) is 16.4 Å². The van der Waals surface area contributed by atoms with Gasteiger partial charge in [0.05, 0.1) is 22.8 Å². The number of aromatic nitrogens is 5. The Morgan fingerprint density at radius 2 is 1.96 bits per heavy atom. The first-order valence-corrected chi connectivity index (χ1v) is 9.57. The standard InChI is InChI=1S/C20H18N6OS/c1-13-6-8-15(9-7-13)20-18(28-14(2)22-20)11-19(27)23-16-4-3-5-17(10-16)26-12-21-24-25-26/h3-10,12H,11H2,1-2H3,(H,23,27). The molecule has 140 valence electrons. The molecule has 0 bridgehead atoms. The maximum absolute atomic E-state index is 12.6. The molecule has 8 heteroatoms. The molecular weight excluding hydrogens is 372 g/mol. The minimum Gasteiger partial charge on any atom is -0.326 e. The molecule has 0 unspecified atom stereocenters. The van der Waals surface area contributed by atoms with Crippen LogP contribution in [0.15, 0.2) is 54.9 Å². The number of rotatable bonds is 5. The van der Waals surface area contributed by atoms with E-state index in [0.29, 0.717) is 5.69 Å². The number of aryl methyl sites for hydroxylation is 2. The average Bonchev–Trinajstić information content (AvgIpc) is 3.33. The molecule has 0 aliphatic heterocycles. The van der Waals surface area contributed by atoms with Crippen molar-refractivity contribution in [2.24, 2.45) is 0 Å². The van der Waals surface area contributed by atoms with Crippen LogP contribution in [0.4, 0.5) is 5.69 Å². The van der Waals surface area contributed by atoms with Crippen molar-refractivity contribution in [3.05, 3.63) is 70.3 Å². The van der Waals surface area contributed by atoms with Crippen LogP contribution < -0.4 is 5.32 Å². The molecule has 0 radical (unpaired) electrons. The van der Waals surface area contributed by atoms with Crippen LogP contribution in [-0.2, 0) is 11.2 Å². The highest BCUT2D eigenvalue weighted by molar-refractivity contribution is 7.12. The summed E-state index contributed by atoms with van der Waals surface area (Å²) in [4.78, 5) is 18.2. The number of hydrogen-bond acceptors (Lipinski definition) is 6. The molecule has 1 amide bonds. The highest BCUT2D eigenvalue weighted by Crippen LogP contribution is 2.29. The third-order valence-electron chi connectivity index (χ3n) is 4.19. The monoisotopic (exact) mass is 390 g/mol. The summed E-state index contributed by atoms with van der Waals surface area (Å²) in [5.74, 6) is -0.0918. The third-order valence-corrected chi connectivity index (χ3v) is 5.16. The van der Waals surface area contributed by atoms with Crippen molar-refractivity contribution in [2.45, 2.75) is 20.3 Å². The van der Waals surface area contributed by atoms with Gasteiger partial charge in [-0.1, -0.05) is 35.9 Å². The van der Waals surface area contributed by atoms with E-state index in [4.69, 9.17) is 0 Å². The zero-order valence-electron chi connectivity index (χ0n) is 15.5. The van der Waals surface area contributed by atoms with Crippen molar-refractivity contribution < 1.29 is 4.79 Å². The van der Waals surface area contributed by atoms with Crippen molar-refractivity contribution in [3.8, 4) is 16.9 Å². The summed E-state index contributed by atoms with van der Waals surface area (Å²) in [6.07, 6.45) is 1.78. The number of anilines is 1. The van der Waals surface area contributed by atoms with E-state index in [1.165, 1.54) is 16.6 Å². The van der Waals surface area contributed by atoms with Crippen molar-refractivity contribution in [3.63, 3.8) is 0 Å². The molecule has 28 heavy (non-hydrogen) atoms. The van der Waals surface area contributed by atoms with E-state index in [1.54, 1.807) is 11.3 Å². The quantitative estimate of drug-likeness (QED) is 0.563. The van der Waals surface area contributed by atoms with Gasteiger partial charge in [-0.3, -0.25) is 4.79 Å². The van der Waals surface area contributed by atoms with Gasteiger partial charge in [0.1, 0.15) is 6.33 Å². The van der Waals surface area contributed by atoms with Crippen molar-refractivity contribution in [2.75, 3.05) is 5.32 Å². The molecule has 0 saturated heterocycles. The summed E-state index contributed by atoms with van der Waals surface area (Å²) >= 11 is 1.55. The second kappa shape index (κ2) is 7.69. The van der Waals surface area contributed by atoms with Crippen LogP contribution in [0.3, 0.4) is 0 Å². The average molecular weight is 390 g/mol. The van der Waals surface area contributed by atoms with Gasteiger partial charge in [0.15, 0.2) is 0 Å². The number of thiazole rings is 1. The second-order valence-electron chi connectivity index (χ2n) is 6.40. The largest absolute Gasteiger partial charge is 0.326 e. The SMILES string of the molecule is Cc1ccc(-c2nc(C)sc2CC(=O)Nc2cccc(-n3cnnn3)c2)cc1. The fourth-order valence-electron chi connectivity index (χ4n) is 2.88. The number of amides is 1. The molecular formula is C20H18N6OS. The van der Waals surface area contributed by atoms with Crippen LogP contribution in [0.5, 0.6) is 0 Å². The lowest BCUT2D eigenvalue weighted by Crippen LogP contribution is -2.14. The van der Waals surface area contributed by atoms with Crippen molar-refractivity contribution >= 4 is 22.9 Å². The Kier molecular flexibility index (Phi) is 4.94. The number of nitrogens with zero attached hydrogens (tertiary/aromatic N) is 5. The maximum atomic E-state index is 12.6. The van der Waals surface area contributed by atoms with E-state index in [-0.39, 0.29) is 12.3 Å². The van der Waals surface area contributed by atoms with E-state index in [0.717, 1.165) is 26.8 Å². The van der Waals surface area contributed by atoms with E-state index in [2.05, 4.69) is 38.0 Å². The molecule has 1 N–H and O–H groups in total. The summed E-state index contributed by atoms with van der Waals surface area (Å²) in [7, 11) is 0. The minimum atomic E-state index is -0.0918. The molecule has 4 aromatic rings. The first-order chi connectivity index (χ1) is 13.6. The van der Waals surface area contributed by atoms with Crippen LogP contribution in [0.1, 0.15) is 15.4 Å². The van der Waals surface area contributed by atoms with Crippen LogP contribution >= 0.6 is 11.3 Å². The smallest absolute Gasteiger partial charge is 0.229 e. The zero-order chi connectivity index (χ0) is 19.5. The van der Waals surface area contributed by atoms with Gasteiger partial charge in [-0.2, -0.15) is 0 Å². The van der Waals surface area contributed by atoms with E-state index < -0.39 is 0 Å². The molecule has 0 fully saturated rings. The lowest BCUT2D eigenvalue weighted by Gasteiger charge is -2.07. The molecule has 2 aromatic carbocycles. The van der Waals surface area contributed by atoms with E-state index in [9.17, 15) is 4.79 Å². The second-order valence-corrected chi connectivity index (χ2v) is 7.69. The summed E-state index contributed by atoms with van der Waals surface area (Å²) in [6, 6.07) is 15.6. The number of carbonyl (C=O) groups excluding carboxylic acids is 1. The molecule has 0 spiro atoms. The number of benzene rings is 2. The van der Waals surface area contributed by atoms with Crippen LogP contribution in [0.25, 0.3) is 16.9 Å². The van der Waals surface area contributed by atoms with E-state index in [1.807, 2.05) is 50.2 Å². The number of tetrazole rings is 1. The Morgan fingerprint density at radius 1 is 1.14 bits per heavy atom. The van der Waals surface area contributed by atoms with Crippen LogP contribution in [0, 0.1) is 13.8 Å².